The van der Waals surface area contributed by atoms with E-state index in [0.29, 0.717) is 19.8 Å². The molecule has 0 spiro atoms. The Kier molecular flexibility index (Phi) is 7.53. The first kappa shape index (κ1) is 16.7. The lowest BCUT2D eigenvalue weighted by Crippen LogP contribution is -2.06. The van der Waals surface area contributed by atoms with E-state index >= 15 is 0 Å². The van der Waals surface area contributed by atoms with Crippen LogP contribution in [0.1, 0.15) is 5.56 Å². The quantitative estimate of drug-likeness (QED) is 0.455. The molecule has 21 heavy (non-hydrogen) atoms. The Hall–Kier alpha value is -2.40. The zero-order valence-corrected chi connectivity index (χ0v) is 11.7. The topological polar surface area (TPSA) is 65.1 Å². The number of carbonyl (C=O) groups is 2. The Bertz CT molecular complexity index is 477. The Balaban J connectivity index is 0.000000219. The molecule has 1 aliphatic rings. The summed E-state index contributed by atoms with van der Waals surface area (Å²) in [6.45, 7) is 7.93. The van der Waals surface area contributed by atoms with Gasteiger partial charge in [-0.25, -0.2) is 9.59 Å². The first-order chi connectivity index (χ1) is 10.2. The highest BCUT2D eigenvalue weighted by Crippen LogP contribution is 2.08. The zero-order valence-electron chi connectivity index (χ0n) is 11.7. The van der Waals surface area contributed by atoms with E-state index in [1.165, 1.54) is 0 Å². The van der Waals surface area contributed by atoms with Crippen molar-refractivity contribution in [1.82, 2.24) is 0 Å². The van der Waals surface area contributed by atoms with Crippen LogP contribution in [-0.4, -0.2) is 31.3 Å². The first-order valence-corrected chi connectivity index (χ1v) is 6.39. The van der Waals surface area contributed by atoms with Gasteiger partial charge < -0.3 is 14.2 Å². The number of hydrogen-bond donors (Lipinski definition) is 0. The molecule has 1 aromatic carbocycles. The first-order valence-electron chi connectivity index (χ1n) is 6.39. The van der Waals surface area contributed by atoms with Crippen molar-refractivity contribution in [2.45, 2.75) is 12.7 Å². The van der Waals surface area contributed by atoms with Gasteiger partial charge in [0.15, 0.2) is 0 Å². The molecule has 1 aromatic rings. The molecule has 0 aromatic heterocycles. The van der Waals surface area contributed by atoms with Crippen LogP contribution < -0.4 is 0 Å². The molecule has 1 unspecified atom stereocenters. The van der Waals surface area contributed by atoms with E-state index in [1.807, 2.05) is 30.3 Å². The van der Waals surface area contributed by atoms with Crippen LogP contribution in [0.3, 0.4) is 0 Å². The number of hydrogen-bond acceptors (Lipinski definition) is 5. The second-order valence-electron chi connectivity index (χ2n) is 4.09. The summed E-state index contributed by atoms with van der Waals surface area (Å²) in [6, 6.07) is 9.51. The van der Waals surface area contributed by atoms with E-state index in [4.69, 9.17) is 9.47 Å². The van der Waals surface area contributed by atoms with E-state index in [9.17, 15) is 9.59 Å². The third-order valence-electron chi connectivity index (χ3n) is 2.37. The molecule has 112 valence electrons. The van der Waals surface area contributed by atoms with Gasteiger partial charge in [0, 0.05) is 12.2 Å². The Morgan fingerprint density at radius 2 is 1.71 bits per heavy atom. The minimum Gasteiger partial charge on any atom is -0.460 e. The van der Waals surface area contributed by atoms with Gasteiger partial charge in [-0.1, -0.05) is 43.5 Å². The number of carbonyl (C=O) groups excluding carboxylic acids is 2. The van der Waals surface area contributed by atoms with E-state index in [1.54, 1.807) is 0 Å². The lowest BCUT2D eigenvalue weighted by molar-refractivity contribution is -0.139. The Morgan fingerprint density at radius 1 is 1.14 bits per heavy atom. The van der Waals surface area contributed by atoms with Gasteiger partial charge in [-0.2, -0.15) is 0 Å². The predicted octanol–water partition coefficient (Wildman–Crippen LogP) is 2.03. The summed E-state index contributed by atoms with van der Waals surface area (Å²) in [7, 11) is 0. The monoisotopic (exact) mass is 290 g/mol. The molecule has 1 fully saturated rings. The third-order valence-corrected chi connectivity index (χ3v) is 2.37. The highest BCUT2D eigenvalue weighted by atomic mass is 16.6. The van der Waals surface area contributed by atoms with E-state index < -0.39 is 0 Å². The van der Waals surface area contributed by atoms with Gasteiger partial charge >= 0.3 is 11.9 Å². The highest BCUT2D eigenvalue weighted by Gasteiger charge is 2.23. The molecule has 5 nitrogen and oxygen atoms in total. The van der Waals surface area contributed by atoms with Crippen molar-refractivity contribution in [1.29, 1.82) is 0 Å². The molecule has 0 saturated carbocycles. The normalized spacial score (nSPS) is 15.0. The van der Waals surface area contributed by atoms with Crippen molar-refractivity contribution in [3.05, 3.63) is 61.2 Å². The number of esters is 2. The van der Waals surface area contributed by atoms with E-state index in [0.717, 1.165) is 17.7 Å². The molecular formula is C16H18O5. The van der Waals surface area contributed by atoms with Gasteiger partial charge in [-0.3, -0.25) is 0 Å². The fourth-order valence-electron chi connectivity index (χ4n) is 1.19. The van der Waals surface area contributed by atoms with Crippen molar-refractivity contribution in [3.8, 4) is 0 Å². The molecule has 5 heteroatoms. The molecule has 1 heterocycles. The highest BCUT2D eigenvalue weighted by molar-refractivity contribution is 5.81. The molecule has 0 N–H and O–H groups in total. The van der Waals surface area contributed by atoms with Crippen LogP contribution in [-0.2, 0) is 30.4 Å². The molecule has 2 rings (SSSR count). The maximum Gasteiger partial charge on any atom is 0.330 e. The Morgan fingerprint density at radius 3 is 2.24 bits per heavy atom. The van der Waals surface area contributed by atoms with E-state index in [2.05, 4.69) is 17.9 Å². The van der Waals surface area contributed by atoms with Crippen molar-refractivity contribution < 1.29 is 23.8 Å². The number of epoxide rings is 1. The lowest BCUT2D eigenvalue weighted by Gasteiger charge is -2.00. The molecule has 0 aliphatic carbocycles. The van der Waals surface area contributed by atoms with Crippen molar-refractivity contribution in [2.75, 3.05) is 13.2 Å². The predicted molar refractivity (Wildman–Crippen MR) is 77.3 cm³/mol. The van der Waals surface area contributed by atoms with Gasteiger partial charge in [0.2, 0.25) is 0 Å². The van der Waals surface area contributed by atoms with Crippen LogP contribution in [0.4, 0.5) is 0 Å². The van der Waals surface area contributed by atoms with Crippen LogP contribution in [0.2, 0.25) is 0 Å². The van der Waals surface area contributed by atoms with Crippen LogP contribution in [0, 0.1) is 0 Å². The van der Waals surface area contributed by atoms with Crippen LogP contribution in [0.15, 0.2) is 55.6 Å². The van der Waals surface area contributed by atoms with Crippen LogP contribution >= 0.6 is 0 Å². The molecule has 0 bridgehead atoms. The fourth-order valence-corrected chi connectivity index (χ4v) is 1.19. The number of ether oxygens (including phenoxy) is 3. The molecule has 0 amide bonds. The summed E-state index contributed by atoms with van der Waals surface area (Å²) in [5, 5.41) is 0. The van der Waals surface area contributed by atoms with Gasteiger partial charge in [-0.15, -0.1) is 0 Å². The lowest BCUT2D eigenvalue weighted by atomic mass is 10.2. The molecular weight excluding hydrogens is 272 g/mol. The van der Waals surface area contributed by atoms with Gasteiger partial charge in [0.1, 0.15) is 19.3 Å². The molecule has 1 atom stereocenters. The maximum absolute atomic E-state index is 10.6. The second-order valence-corrected chi connectivity index (χ2v) is 4.09. The van der Waals surface area contributed by atoms with Gasteiger partial charge in [-0.05, 0) is 5.56 Å². The number of rotatable bonds is 6. The second kappa shape index (κ2) is 9.50. The third kappa shape index (κ3) is 8.39. The summed E-state index contributed by atoms with van der Waals surface area (Å²) in [6.07, 6.45) is 2.44. The standard InChI is InChI=1S/C10H10O2.C6H8O3/c1-2-10(11)12-8-9-6-4-3-5-7-9;1-2-6(7)9-4-5-3-8-5/h2-7H,1,8H2;2,5H,1,3-4H2. The Labute approximate surface area is 123 Å². The van der Waals surface area contributed by atoms with Gasteiger partial charge in [0.05, 0.1) is 6.61 Å². The number of benzene rings is 1. The summed E-state index contributed by atoms with van der Waals surface area (Å²) in [5.41, 5.74) is 0.979. The molecule has 1 saturated heterocycles. The summed E-state index contributed by atoms with van der Waals surface area (Å²) in [5.74, 6) is -0.774. The van der Waals surface area contributed by atoms with Crippen molar-refractivity contribution in [2.24, 2.45) is 0 Å². The van der Waals surface area contributed by atoms with Crippen molar-refractivity contribution >= 4 is 11.9 Å². The fraction of sp³-hybridized carbons (Fsp3) is 0.250. The molecule has 1 aliphatic heterocycles. The summed E-state index contributed by atoms with van der Waals surface area (Å²) in [4.78, 5) is 21.0. The minimum atomic E-state index is -0.390. The maximum atomic E-state index is 10.6. The van der Waals surface area contributed by atoms with Crippen molar-refractivity contribution in [3.63, 3.8) is 0 Å². The van der Waals surface area contributed by atoms with Crippen LogP contribution in [0.5, 0.6) is 0 Å². The summed E-state index contributed by atoms with van der Waals surface area (Å²) >= 11 is 0. The summed E-state index contributed by atoms with van der Waals surface area (Å²) < 4.78 is 14.2. The molecule has 0 radical (unpaired) electrons. The zero-order chi connectivity index (χ0) is 15.5. The smallest absolute Gasteiger partial charge is 0.330 e. The average molecular weight is 290 g/mol. The minimum absolute atomic E-state index is 0.147. The SMILES string of the molecule is C=CC(=O)OCC1CO1.C=CC(=O)OCc1ccccc1. The van der Waals surface area contributed by atoms with E-state index in [-0.39, 0.29) is 18.0 Å². The largest absolute Gasteiger partial charge is 0.460 e. The average Bonchev–Trinajstić information content (AvgIpc) is 3.36. The van der Waals surface area contributed by atoms with Crippen LogP contribution in [0.25, 0.3) is 0 Å². The van der Waals surface area contributed by atoms with Gasteiger partial charge in [0.25, 0.3) is 0 Å².